The molecule has 0 unspecified atom stereocenters. The smallest absolute Gasteiger partial charge is 0.258 e. The number of hydrogen-bond acceptors (Lipinski definition) is 5. The zero-order chi connectivity index (χ0) is 18.5. The number of sulfonamides is 1. The van der Waals surface area contributed by atoms with Gasteiger partial charge in [0.1, 0.15) is 0 Å². The number of unbranched alkanes of at least 4 members (excludes halogenated alkanes) is 7. The molecule has 0 atom stereocenters. The van der Waals surface area contributed by atoms with Crippen molar-refractivity contribution in [3.8, 4) is 0 Å². The lowest BCUT2D eigenvalue weighted by Crippen LogP contribution is -2.21. The summed E-state index contributed by atoms with van der Waals surface area (Å²) in [7, 11) is -3.46. The standard InChI is InChI=1S/C17H27N3O4S/c1-2-3-4-5-6-7-8-9-13-25(23,24)19-18-15-16-11-10-12-17(14-16)20(21)22/h10-12,14-15,19H,2-9,13H2,1H3. The molecule has 0 radical (unpaired) electrons. The number of hydrogen-bond donors (Lipinski definition) is 1. The van der Waals surface area contributed by atoms with Gasteiger partial charge >= 0.3 is 0 Å². The second-order valence-electron chi connectivity index (χ2n) is 6.00. The van der Waals surface area contributed by atoms with E-state index >= 15 is 0 Å². The molecule has 0 aromatic heterocycles. The van der Waals surface area contributed by atoms with Crippen LogP contribution in [0.1, 0.15) is 63.9 Å². The molecule has 0 aliphatic carbocycles. The first kappa shape index (κ1) is 21.1. The third-order valence-electron chi connectivity index (χ3n) is 3.75. The van der Waals surface area contributed by atoms with E-state index in [-0.39, 0.29) is 11.4 Å². The molecule has 0 aliphatic rings. The molecule has 0 amide bonds. The number of nitro benzene ring substituents is 1. The third kappa shape index (κ3) is 9.81. The Hall–Kier alpha value is -1.96. The second-order valence-corrected chi connectivity index (χ2v) is 7.82. The average Bonchev–Trinajstić information content (AvgIpc) is 2.57. The van der Waals surface area contributed by atoms with Gasteiger partial charge < -0.3 is 0 Å². The second kappa shape index (κ2) is 11.6. The molecule has 0 aliphatic heterocycles. The third-order valence-corrected chi connectivity index (χ3v) is 4.96. The van der Waals surface area contributed by atoms with Gasteiger partial charge in [-0.3, -0.25) is 10.1 Å². The Balaban J connectivity index is 2.28. The van der Waals surface area contributed by atoms with Crippen LogP contribution >= 0.6 is 0 Å². The Morgan fingerprint density at radius 1 is 1.12 bits per heavy atom. The molecule has 1 aromatic rings. The Labute approximate surface area is 149 Å². The minimum Gasteiger partial charge on any atom is -0.258 e. The fraction of sp³-hybridized carbons (Fsp3) is 0.588. The first-order valence-corrected chi connectivity index (χ1v) is 10.4. The molecule has 140 valence electrons. The molecule has 0 saturated carbocycles. The maximum atomic E-state index is 11.8. The molecular weight excluding hydrogens is 342 g/mol. The first-order valence-electron chi connectivity index (χ1n) is 8.71. The van der Waals surface area contributed by atoms with Crippen LogP contribution in [-0.4, -0.2) is 25.3 Å². The van der Waals surface area contributed by atoms with Gasteiger partial charge in [0.05, 0.1) is 16.9 Å². The van der Waals surface area contributed by atoms with E-state index in [2.05, 4.69) is 16.9 Å². The molecule has 1 aromatic carbocycles. The van der Waals surface area contributed by atoms with Crippen molar-refractivity contribution in [1.82, 2.24) is 4.83 Å². The number of non-ortho nitro benzene ring substituents is 1. The van der Waals surface area contributed by atoms with Gasteiger partial charge in [-0.05, 0) is 6.42 Å². The van der Waals surface area contributed by atoms with Crippen molar-refractivity contribution in [2.45, 2.75) is 58.3 Å². The molecular formula is C17H27N3O4S. The zero-order valence-corrected chi connectivity index (χ0v) is 15.5. The number of hydrazone groups is 1. The van der Waals surface area contributed by atoms with Gasteiger partial charge in [-0.2, -0.15) is 5.10 Å². The van der Waals surface area contributed by atoms with Crippen molar-refractivity contribution in [3.05, 3.63) is 39.9 Å². The van der Waals surface area contributed by atoms with Crippen molar-refractivity contribution in [1.29, 1.82) is 0 Å². The van der Waals surface area contributed by atoms with Crippen molar-refractivity contribution in [2.24, 2.45) is 5.10 Å². The van der Waals surface area contributed by atoms with Crippen molar-refractivity contribution < 1.29 is 13.3 Å². The van der Waals surface area contributed by atoms with Crippen molar-refractivity contribution in [2.75, 3.05) is 5.75 Å². The van der Waals surface area contributed by atoms with Gasteiger partial charge in [-0.1, -0.05) is 64.0 Å². The first-order chi connectivity index (χ1) is 11.9. The Kier molecular flexibility index (Phi) is 9.76. The summed E-state index contributed by atoms with van der Waals surface area (Å²) in [6, 6.07) is 5.83. The van der Waals surface area contributed by atoms with Gasteiger partial charge in [0.15, 0.2) is 0 Å². The highest BCUT2D eigenvalue weighted by atomic mass is 32.2. The highest BCUT2D eigenvalue weighted by Gasteiger charge is 2.08. The van der Waals surface area contributed by atoms with E-state index in [0.29, 0.717) is 12.0 Å². The van der Waals surface area contributed by atoms with E-state index in [4.69, 9.17) is 0 Å². The van der Waals surface area contributed by atoms with Crippen LogP contribution < -0.4 is 4.83 Å². The molecule has 0 heterocycles. The average molecular weight is 369 g/mol. The predicted octanol–water partition coefficient (Wildman–Crippen LogP) is 3.99. The van der Waals surface area contributed by atoms with Crippen LogP contribution in [0.5, 0.6) is 0 Å². The van der Waals surface area contributed by atoms with Crippen LogP contribution in [-0.2, 0) is 10.0 Å². The highest BCUT2D eigenvalue weighted by molar-refractivity contribution is 7.89. The van der Waals surface area contributed by atoms with E-state index in [1.807, 2.05) is 0 Å². The fourth-order valence-electron chi connectivity index (χ4n) is 2.37. The maximum absolute atomic E-state index is 11.8. The molecule has 0 bridgehead atoms. The van der Waals surface area contributed by atoms with Crippen LogP contribution in [0.3, 0.4) is 0 Å². The number of nitrogens with one attached hydrogen (secondary N) is 1. The molecule has 7 nitrogen and oxygen atoms in total. The summed E-state index contributed by atoms with van der Waals surface area (Å²) < 4.78 is 23.7. The lowest BCUT2D eigenvalue weighted by molar-refractivity contribution is -0.384. The lowest BCUT2D eigenvalue weighted by atomic mass is 10.1. The summed E-state index contributed by atoms with van der Waals surface area (Å²) in [5.74, 6) is 0.0359. The molecule has 0 fully saturated rings. The summed E-state index contributed by atoms with van der Waals surface area (Å²) in [4.78, 5) is 12.3. The van der Waals surface area contributed by atoms with Gasteiger partial charge in [-0.25, -0.2) is 13.2 Å². The zero-order valence-electron chi connectivity index (χ0n) is 14.7. The topological polar surface area (TPSA) is 102 Å². The summed E-state index contributed by atoms with van der Waals surface area (Å²) >= 11 is 0. The van der Waals surface area contributed by atoms with E-state index < -0.39 is 14.9 Å². The molecule has 0 saturated heterocycles. The van der Waals surface area contributed by atoms with Crippen LogP contribution in [0.4, 0.5) is 5.69 Å². The highest BCUT2D eigenvalue weighted by Crippen LogP contribution is 2.11. The van der Waals surface area contributed by atoms with E-state index in [1.165, 1.54) is 50.1 Å². The normalized spacial score (nSPS) is 11.7. The van der Waals surface area contributed by atoms with Gasteiger partial charge in [0.2, 0.25) is 10.0 Å². The van der Waals surface area contributed by atoms with Crippen molar-refractivity contribution >= 4 is 21.9 Å². The van der Waals surface area contributed by atoms with Crippen LogP contribution in [0.15, 0.2) is 29.4 Å². The maximum Gasteiger partial charge on any atom is 0.270 e. The number of nitrogens with zero attached hydrogens (tertiary/aromatic N) is 2. The summed E-state index contributed by atoms with van der Waals surface area (Å²) in [5, 5.41) is 14.4. The summed E-state index contributed by atoms with van der Waals surface area (Å²) in [5.41, 5.74) is 0.398. The Morgan fingerprint density at radius 3 is 2.40 bits per heavy atom. The Morgan fingerprint density at radius 2 is 1.76 bits per heavy atom. The number of nitro groups is 1. The minimum atomic E-state index is -3.46. The molecule has 25 heavy (non-hydrogen) atoms. The minimum absolute atomic E-state index is 0.0359. The predicted molar refractivity (Wildman–Crippen MR) is 100 cm³/mol. The van der Waals surface area contributed by atoms with Gasteiger partial charge in [-0.15, -0.1) is 0 Å². The number of rotatable bonds is 13. The van der Waals surface area contributed by atoms with Crippen LogP contribution in [0, 0.1) is 10.1 Å². The summed E-state index contributed by atoms with van der Waals surface area (Å²) in [6.07, 6.45) is 9.92. The monoisotopic (exact) mass is 369 g/mol. The fourth-order valence-corrected chi connectivity index (χ4v) is 3.26. The van der Waals surface area contributed by atoms with Gasteiger partial charge in [0, 0.05) is 17.7 Å². The van der Waals surface area contributed by atoms with E-state index in [0.717, 1.165) is 19.3 Å². The quantitative estimate of drug-likeness (QED) is 0.246. The lowest BCUT2D eigenvalue weighted by Gasteiger charge is -2.04. The van der Waals surface area contributed by atoms with E-state index in [9.17, 15) is 18.5 Å². The SMILES string of the molecule is CCCCCCCCCCS(=O)(=O)NN=Cc1cccc([N+](=O)[O-])c1. The molecule has 1 N–H and O–H groups in total. The van der Waals surface area contributed by atoms with Crippen LogP contribution in [0.2, 0.25) is 0 Å². The molecule has 8 heteroatoms. The largest absolute Gasteiger partial charge is 0.270 e. The molecule has 0 spiro atoms. The van der Waals surface area contributed by atoms with Crippen molar-refractivity contribution in [3.63, 3.8) is 0 Å². The number of benzene rings is 1. The van der Waals surface area contributed by atoms with E-state index in [1.54, 1.807) is 6.07 Å². The Bertz CT molecular complexity index is 660. The molecule has 1 rings (SSSR count). The summed E-state index contributed by atoms with van der Waals surface area (Å²) in [6.45, 7) is 2.18. The van der Waals surface area contributed by atoms with Gasteiger partial charge in [0.25, 0.3) is 5.69 Å². The van der Waals surface area contributed by atoms with Crippen LogP contribution in [0.25, 0.3) is 0 Å².